The first-order chi connectivity index (χ1) is 17.0. The van der Waals surface area contributed by atoms with E-state index in [4.69, 9.17) is 11.6 Å². The molecule has 0 spiro atoms. The molecule has 2 aromatic carbocycles. The van der Waals surface area contributed by atoms with Crippen molar-refractivity contribution >= 4 is 39.1 Å². The first-order valence-corrected chi connectivity index (χ1v) is 14.3. The van der Waals surface area contributed by atoms with Gasteiger partial charge in [-0.25, -0.2) is 12.8 Å². The molecule has 0 aliphatic rings. The first-order valence-electron chi connectivity index (χ1n) is 12.0. The van der Waals surface area contributed by atoms with Gasteiger partial charge >= 0.3 is 0 Å². The topological polar surface area (TPSA) is 86.8 Å². The molecule has 2 amide bonds. The van der Waals surface area contributed by atoms with E-state index in [1.54, 1.807) is 17.0 Å². The van der Waals surface area contributed by atoms with Gasteiger partial charge in [-0.3, -0.25) is 13.9 Å². The van der Waals surface area contributed by atoms with Gasteiger partial charge in [0, 0.05) is 30.6 Å². The Kier molecular flexibility index (Phi) is 11.2. The number of halogens is 2. The molecule has 7 nitrogen and oxygen atoms in total. The van der Waals surface area contributed by atoms with Crippen LogP contribution < -0.4 is 9.62 Å². The Balaban J connectivity index is 2.21. The standard InChI is InChI=1S/C26H35ClFN3O4S/c1-5-19(3)29-26(33)24(6-2)30(18-20-9-11-21(27)12-10-20)25(32)8-7-17-31(36(4,34)35)23-15-13-22(28)14-16-23/h9-16,19,24H,5-8,17-18H2,1-4H3,(H,29,33)/t19-,24-/m0/s1. The molecular formula is C26H35ClFN3O4S. The third kappa shape index (κ3) is 8.78. The van der Waals surface area contributed by atoms with E-state index in [1.807, 2.05) is 32.9 Å². The lowest BCUT2D eigenvalue weighted by Gasteiger charge is -2.32. The summed E-state index contributed by atoms with van der Waals surface area (Å²) in [6, 6.07) is 11.5. The molecule has 2 rings (SSSR count). The maximum absolute atomic E-state index is 13.4. The second-order valence-corrected chi connectivity index (χ2v) is 11.1. The highest BCUT2D eigenvalue weighted by Crippen LogP contribution is 2.20. The molecule has 36 heavy (non-hydrogen) atoms. The number of nitrogens with zero attached hydrogens (tertiary/aromatic N) is 2. The van der Waals surface area contributed by atoms with Gasteiger partial charge in [0.25, 0.3) is 0 Å². The monoisotopic (exact) mass is 539 g/mol. The Morgan fingerprint density at radius 2 is 1.64 bits per heavy atom. The van der Waals surface area contributed by atoms with Crippen LogP contribution in [0.4, 0.5) is 10.1 Å². The minimum atomic E-state index is -3.64. The maximum Gasteiger partial charge on any atom is 0.243 e. The zero-order valence-electron chi connectivity index (χ0n) is 21.2. The van der Waals surface area contributed by atoms with Gasteiger partial charge < -0.3 is 10.2 Å². The number of benzene rings is 2. The van der Waals surface area contributed by atoms with Crippen molar-refractivity contribution in [3.05, 3.63) is 64.9 Å². The fourth-order valence-corrected chi connectivity index (χ4v) is 4.85. The fraction of sp³-hybridized carbons (Fsp3) is 0.462. The Morgan fingerprint density at radius 3 is 2.17 bits per heavy atom. The summed E-state index contributed by atoms with van der Waals surface area (Å²) in [4.78, 5) is 28.0. The summed E-state index contributed by atoms with van der Waals surface area (Å²) in [5.41, 5.74) is 1.15. The van der Waals surface area contributed by atoms with Gasteiger partial charge in [0.1, 0.15) is 11.9 Å². The largest absolute Gasteiger partial charge is 0.352 e. The van der Waals surface area contributed by atoms with Gasteiger partial charge in [-0.05, 0) is 68.1 Å². The summed E-state index contributed by atoms with van der Waals surface area (Å²) in [5, 5.41) is 3.53. The van der Waals surface area contributed by atoms with Crippen molar-refractivity contribution in [3.8, 4) is 0 Å². The molecule has 10 heteroatoms. The van der Waals surface area contributed by atoms with Crippen LogP contribution in [0.5, 0.6) is 0 Å². The van der Waals surface area contributed by atoms with Crippen LogP contribution in [-0.4, -0.2) is 50.0 Å². The van der Waals surface area contributed by atoms with E-state index in [9.17, 15) is 22.4 Å². The number of hydrogen-bond donors (Lipinski definition) is 1. The molecule has 0 unspecified atom stereocenters. The second kappa shape index (κ2) is 13.6. The van der Waals surface area contributed by atoms with Crippen LogP contribution >= 0.6 is 11.6 Å². The minimum absolute atomic E-state index is 0.0296. The van der Waals surface area contributed by atoms with Crippen LogP contribution in [0.2, 0.25) is 5.02 Å². The van der Waals surface area contributed by atoms with Crippen LogP contribution in [0, 0.1) is 5.82 Å². The predicted molar refractivity (Wildman–Crippen MR) is 142 cm³/mol. The highest BCUT2D eigenvalue weighted by molar-refractivity contribution is 7.92. The Bertz CT molecular complexity index is 1110. The smallest absolute Gasteiger partial charge is 0.243 e. The number of carbonyl (C=O) groups excluding carboxylic acids is 2. The van der Waals surface area contributed by atoms with Gasteiger partial charge in [0.15, 0.2) is 0 Å². The van der Waals surface area contributed by atoms with Crippen molar-refractivity contribution in [3.63, 3.8) is 0 Å². The summed E-state index contributed by atoms with van der Waals surface area (Å²) in [7, 11) is -3.64. The average Bonchev–Trinajstić information content (AvgIpc) is 2.82. The van der Waals surface area contributed by atoms with Crippen molar-refractivity contribution in [2.24, 2.45) is 0 Å². The van der Waals surface area contributed by atoms with Crippen LogP contribution in [0.15, 0.2) is 48.5 Å². The number of carbonyl (C=O) groups is 2. The normalized spacial score (nSPS) is 13.1. The zero-order chi connectivity index (χ0) is 26.9. The van der Waals surface area contributed by atoms with E-state index < -0.39 is 21.9 Å². The van der Waals surface area contributed by atoms with Crippen molar-refractivity contribution < 1.29 is 22.4 Å². The number of hydrogen-bond acceptors (Lipinski definition) is 4. The average molecular weight is 540 g/mol. The molecule has 0 aliphatic heterocycles. The SMILES string of the molecule is CC[C@H](C)NC(=O)[C@H](CC)N(Cc1ccc(Cl)cc1)C(=O)CCCN(c1ccc(F)cc1)S(C)(=O)=O. The summed E-state index contributed by atoms with van der Waals surface area (Å²) >= 11 is 6.00. The molecule has 0 saturated carbocycles. The second-order valence-electron chi connectivity index (χ2n) is 8.81. The molecule has 2 atom stereocenters. The van der Waals surface area contributed by atoms with Gasteiger partial charge in [-0.15, -0.1) is 0 Å². The quantitative estimate of drug-likeness (QED) is 0.398. The lowest BCUT2D eigenvalue weighted by molar-refractivity contribution is -0.141. The summed E-state index contributed by atoms with van der Waals surface area (Å²) in [6.45, 7) is 5.99. The number of rotatable bonds is 13. The lowest BCUT2D eigenvalue weighted by atomic mass is 10.1. The van der Waals surface area contributed by atoms with Crippen LogP contribution in [0.3, 0.4) is 0 Å². The molecular weight excluding hydrogens is 505 g/mol. The van der Waals surface area contributed by atoms with E-state index in [1.165, 1.54) is 24.3 Å². The van der Waals surface area contributed by atoms with Crippen molar-refractivity contribution in [2.75, 3.05) is 17.1 Å². The van der Waals surface area contributed by atoms with Crippen molar-refractivity contribution in [1.29, 1.82) is 0 Å². The van der Waals surface area contributed by atoms with Crippen molar-refractivity contribution in [2.45, 2.75) is 65.1 Å². The molecule has 0 aromatic heterocycles. The van der Waals surface area contributed by atoms with Crippen molar-refractivity contribution in [1.82, 2.24) is 10.2 Å². The van der Waals surface area contributed by atoms with E-state index in [0.29, 0.717) is 17.1 Å². The van der Waals surface area contributed by atoms with E-state index in [2.05, 4.69) is 5.32 Å². The number of anilines is 1. The van der Waals surface area contributed by atoms with Crippen LogP contribution in [0.1, 0.15) is 52.0 Å². The van der Waals surface area contributed by atoms with Gasteiger partial charge in [0.05, 0.1) is 11.9 Å². The third-order valence-corrected chi connectivity index (χ3v) is 7.37. The number of amides is 2. The van der Waals surface area contributed by atoms with E-state index in [0.717, 1.165) is 22.5 Å². The van der Waals surface area contributed by atoms with Gasteiger partial charge in [0.2, 0.25) is 21.8 Å². The number of nitrogens with one attached hydrogen (secondary N) is 1. The molecule has 2 aromatic rings. The fourth-order valence-electron chi connectivity index (χ4n) is 3.76. The molecule has 0 bridgehead atoms. The van der Waals surface area contributed by atoms with Gasteiger partial charge in [-0.2, -0.15) is 0 Å². The molecule has 1 N–H and O–H groups in total. The summed E-state index contributed by atoms with van der Waals surface area (Å²) in [6.07, 6.45) is 2.51. The Morgan fingerprint density at radius 1 is 1.03 bits per heavy atom. The van der Waals surface area contributed by atoms with Gasteiger partial charge in [-0.1, -0.05) is 37.6 Å². The zero-order valence-corrected chi connectivity index (χ0v) is 22.8. The highest BCUT2D eigenvalue weighted by atomic mass is 35.5. The molecule has 0 saturated heterocycles. The van der Waals surface area contributed by atoms with E-state index >= 15 is 0 Å². The summed E-state index contributed by atoms with van der Waals surface area (Å²) < 4.78 is 39.1. The Labute approximate surface area is 218 Å². The molecule has 0 aliphatic carbocycles. The lowest BCUT2D eigenvalue weighted by Crippen LogP contribution is -2.50. The van der Waals surface area contributed by atoms with Crippen LogP contribution in [0.25, 0.3) is 0 Å². The molecule has 0 heterocycles. The molecule has 0 fully saturated rings. The first kappa shape index (κ1) is 29.6. The Hall–Kier alpha value is -2.65. The van der Waals surface area contributed by atoms with Crippen LogP contribution in [-0.2, 0) is 26.2 Å². The predicted octanol–water partition coefficient (Wildman–Crippen LogP) is 4.75. The maximum atomic E-state index is 13.4. The number of sulfonamides is 1. The summed E-state index contributed by atoms with van der Waals surface area (Å²) in [5.74, 6) is -0.955. The minimum Gasteiger partial charge on any atom is -0.352 e. The van der Waals surface area contributed by atoms with E-state index in [-0.39, 0.29) is 43.8 Å². The molecule has 198 valence electrons. The third-order valence-electron chi connectivity index (χ3n) is 5.92. The highest BCUT2D eigenvalue weighted by Gasteiger charge is 2.29. The molecule has 0 radical (unpaired) electrons.